The molecule has 0 bridgehead atoms. The third kappa shape index (κ3) is 3.03. The number of aromatic nitrogens is 2. The molecule has 0 radical (unpaired) electrons. The molecule has 0 aliphatic heterocycles. The molecular formula is C15H15BrClFN2O2. The molecule has 7 heteroatoms. The minimum absolute atomic E-state index is 0.00423. The number of carboxylic acids is 1. The fraction of sp³-hybridized carbons (Fsp3) is 0.333. The third-order valence-electron chi connectivity index (χ3n) is 3.48. The van der Waals surface area contributed by atoms with Gasteiger partial charge in [0, 0.05) is 12.0 Å². The van der Waals surface area contributed by atoms with Gasteiger partial charge in [-0.15, -0.1) is 0 Å². The van der Waals surface area contributed by atoms with Gasteiger partial charge >= 0.3 is 5.97 Å². The molecule has 2 rings (SSSR count). The Labute approximate surface area is 141 Å². The number of carbonyl (C=O) groups is 1. The quantitative estimate of drug-likeness (QED) is 0.811. The van der Waals surface area contributed by atoms with E-state index >= 15 is 0 Å². The number of hydrogen-bond donors (Lipinski definition) is 1. The van der Waals surface area contributed by atoms with Gasteiger partial charge in [0.25, 0.3) is 0 Å². The standard InChI is InChI=1S/C15H15BrClFN2O2/c1-7(2)20-13(12(14(21)22)19-15(20)16)8(3)9-4-5-10(17)11(18)6-9/h4-8H,1-3H3,(H,21,22). The zero-order valence-corrected chi connectivity index (χ0v) is 14.6. The molecule has 1 N–H and O–H groups in total. The van der Waals surface area contributed by atoms with Crippen LogP contribution in [0.25, 0.3) is 0 Å². The Bertz CT molecular complexity index is 731. The fourth-order valence-electron chi connectivity index (χ4n) is 2.42. The van der Waals surface area contributed by atoms with E-state index in [2.05, 4.69) is 20.9 Å². The Morgan fingerprint density at radius 3 is 2.55 bits per heavy atom. The first-order valence-electron chi connectivity index (χ1n) is 6.69. The van der Waals surface area contributed by atoms with Gasteiger partial charge in [0.05, 0.1) is 10.7 Å². The summed E-state index contributed by atoms with van der Waals surface area (Å²) in [5.74, 6) is -1.99. The summed E-state index contributed by atoms with van der Waals surface area (Å²) in [7, 11) is 0. The number of carboxylic acid groups (broad SMARTS) is 1. The molecule has 1 heterocycles. The SMILES string of the molecule is CC(c1ccc(Cl)c(F)c1)c1c(C(=O)O)nc(Br)n1C(C)C. The van der Waals surface area contributed by atoms with Crippen LogP contribution in [0.2, 0.25) is 5.02 Å². The van der Waals surface area contributed by atoms with Gasteiger partial charge < -0.3 is 9.67 Å². The second-order valence-corrected chi connectivity index (χ2v) is 6.40. The summed E-state index contributed by atoms with van der Waals surface area (Å²) in [4.78, 5) is 15.6. The van der Waals surface area contributed by atoms with Gasteiger partial charge in [-0.05, 0) is 47.5 Å². The smallest absolute Gasteiger partial charge is 0.356 e. The van der Waals surface area contributed by atoms with Crippen LogP contribution in [0.4, 0.5) is 4.39 Å². The molecule has 0 fully saturated rings. The van der Waals surface area contributed by atoms with Crippen LogP contribution >= 0.6 is 27.5 Å². The second kappa shape index (κ2) is 6.38. The first-order valence-corrected chi connectivity index (χ1v) is 7.87. The van der Waals surface area contributed by atoms with Crippen molar-refractivity contribution in [3.05, 3.63) is 50.7 Å². The molecule has 1 aromatic carbocycles. The van der Waals surface area contributed by atoms with E-state index in [1.165, 1.54) is 12.1 Å². The molecule has 1 atom stereocenters. The maximum Gasteiger partial charge on any atom is 0.356 e. The highest BCUT2D eigenvalue weighted by atomic mass is 79.9. The molecule has 2 aromatic rings. The van der Waals surface area contributed by atoms with Crippen molar-refractivity contribution in [1.29, 1.82) is 0 Å². The minimum atomic E-state index is -1.11. The van der Waals surface area contributed by atoms with Gasteiger partial charge in [0.15, 0.2) is 10.4 Å². The molecule has 4 nitrogen and oxygen atoms in total. The van der Waals surface area contributed by atoms with Crippen LogP contribution in [0.15, 0.2) is 22.9 Å². The lowest BCUT2D eigenvalue weighted by Gasteiger charge is -2.19. The van der Waals surface area contributed by atoms with Crippen LogP contribution < -0.4 is 0 Å². The molecule has 22 heavy (non-hydrogen) atoms. The highest BCUT2D eigenvalue weighted by molar-refractivity contribution is 9.10. The molecule has 1 aromatic heterocycles. The molecule has 0 spiro atoms. The maximum atomic E-state index is 13.7. The van der Waals surface area contributed by atoms with E-state index in [1.54, 1.807) is 10.6 Å². The third-order valence-corrected chi connectivity index (χ3v) is 4.34. The Kier molecular flexibility index (Phi) is 4.92. The lowest BCUT2D eigenvalue weighted by molar-refractivity contribution is 0.0689. The maximum absolute atomic E-state index is 13.7. The molecule has 0 amide bonds. The first-order chi connectivity index (χ1) is 10.2. The number of benzene rings is 1. The van der Waals surface area contributed by atoms with Crippen molar-refractivity contribution >= 4 is 33.5 Å². The van der Waals surface area contributed by atoms with Crippen LogP contribution in [0.1, 0.15) is 54.5 Å². The molecule has 0 saturated carbocycles. The van der Waals surface area contributed by atoms with Gasteiger partial charge in [0.1, 0.15) is 5.82 Å². The normalized spacial score (nSPS) is 12.7. The zero-order chi connectivity index (χ0) is 16.6. The van der Waals surface area contributed by atoms with Crippen LogP contribution in [-0.2, 0) is 0 Å². The molecular weight excluding hydrogens is 375 g/mol. The summed E-state index contributed by atoms with van der Waals surface area (Å²) in [6, 6.07) is 4.48. The zero-order valence-electron chi connectivity index (χ0n) is 12.3. The van der Waals surface area contributed by atoms with Gasteiger partial charge in [-0.2, -0.15) is 0 Å². The average molecular weight is 390 g/mol. The van der Waals surface area contributed by atoms with Crippen LogP contribution in [0, 0.1) is 5.82 Å². The topological polar surface area (TPSA) is 55.1 Å². The molecule has 118 valence electrons. The summed E-state index contributed by atoms with van der Waals surface area (Å²) >= 11 is 9.00. The lowest BCUT2D eigenvalue weighted by atomic mass is 9.95. The van der Waals surface area contributed by atoms with E-state index in [4.69, 9.17) is 11.6 Å². The Hall–Kier alpha value is -1.40. The summed E-state index contributed by atoms with van der Waals surface area (Å²) in [6.07, 6.45) is 0. The summed E-state index contributed by atoms with van der Waals surface area (Å²) in [5, 5.41) is 9.42. The molecule has 1 unspecified atom stereocenters. The van der Waals surface area contributed by atoms with E-state index in [1.807, 2.05) is 20.8 Å². The predicted molar refractivity (Wildman–Crippen MR) is 86.2 cm³/mol. The Balaban J connectivity index is 2.63. The van der Waals surface area contributed by atoms with E-state index in [9.17, 15) is 14.3 Å². The van der Waals surface area contributed by atoms with E-state index in [0.717, 1.165) is 0 Å². The van der Waals surface area contributed by atoms with Crippen molar-refractivity contribution in [3.8, 4) is 0 Å². The Morgan fingerprint density at radius 2 is 2.05 bits per heavy atom. The average Bonchev–Trinajstić information content (AvgIpc) is 2.79. The Morgan fingerprint density at radius 1 is 1.41 bits per heavy atom. The molecule has 0 aliphatic carbocycles. The van der Waals surface area contributed by atoms with E-state index < -0.39 is 11.8 Å². The summed E-state index contributed by atoms with van der Waals surface area (Å²) in [6.45, 7) is 5.67. The summed E-state index contributed by atoms with van der Waals surface area (Å²) in [5.41, 5.74) is 1.12. The highest BCUT2D eigenvalue weighted by Crippen LogP contribution is 2.33. The number of aromatic carboxylic acids is 1. The number of rotatable bonds is 4. The highest BCUT2D eigenvalue weighted by Gasteiger charge is 2.27. The van der Waals surface area contributed by atoms with Crippen LogP contribution in [-0.4, -0.2) is 20.6 Å². The molecule has 0 saturated heterocycles. The largest absolute Gasteiger partial charge is 0.476 e. The summed E-state index contributed by atoms with van der Waals surface area (Å²) < 4.78 is 15.9. The van der Waals surface area contributed by atoms with Crippen molar-refractivity contribution in [1.82, 2.24) is 9.55 Å². The monoisotopic (exact) mass is 388 g/mol. The van der Waals surface area contributed by atoms with Crippen molar-refractivity contribution in [2.45, 2.75) is 32.7 Å². The minimum Gasteiger partial charge on any atom is -0.476 e. The molecule has 0 aliphatic rings. The lowest BCUT2D eigenvalue weighted by Crippen LogP contribution is -2.13. The second-order valence-electron chi connectivity index (χ2n) is 5.28. The van der Waals surface area contributed by atoms with Crippen molar-refractivity contribution in [3.63, 3.8) is 0 Å². The van der Waals surface area contributed by atoms with Gasteiger partial charge in [-0.25, -0.2) is 14.2 Å². The van der Waals surface area contributed by atoms with Crippen LogP contribution in [0.5, 0.6) is 0 Å². The van der Waals surface area contributed by atoms with E-state index in [-0.39, 0.29) is 22.7 Å². The van der Waals surface area contributed by atoms with Gasteiger partial charge in [-0.3, -0.25) is 0 Å². The fourth-order valence-corrected chi connectivity index (χ4v) is 3.31. The first kappa shape index (κ1) is 17.0. The van der Waals surface area contributed by atoms with Crippen molar-refractivity contribution in [2.24, 2.45) is 0 Å². The van der Waals surface area contributed by atoms with Crippen molar-refractivity contribution in [2.75, 3.05) is 0 Å². The number of halogens is 3. The predicted octanol–water partition coefficient (Wildman–Crippen LogP) is 4.87. The number of imidazole rings is 1. The van der Waals surface area contributed by atoms with Gasteiger partial charge in [-0.1, -0.05) is 24.6 Å². The van der Waals surface area contributed by atoms with Crippen molar-refractivity contribution < 1.29 is 14.3 Å². The number of nitrogens with zero attached hydrogens (tertiary/aromatic N) is 2. The van der Waals surface area contributed by atoms with E-state index in [0.29, 0.717) is 16.0 Å². The van der Waals surface area contributed by atoms with Gasteiger partial charge in [0.2, 0.25) is 0 Å². The number of hydrogen-bond acceptors (Lipinski definition) is 2. The van der Waals surface area contributed by atoms with Crippen LogP contribution in [0.3, 0.4) is 0 Å².